The van der Waals surface area contributed by atoms with Gasteiger partial charge in [0.15, 0.2) is 0 Å². The van der Waals surface area contributed by atoms with Crippen LogP contribution in [-0.4, -0.2) is 10.7 Å². The van der Waals surface area contributed by atoms with Gasteiger partial charge in [0.25, 0.3) is 0 Å². The van der Waals surface area contributed by atoms with Crippen molar-refractivity contribution in [3.05, 3.63) is 0 Å². The lowest BCUT2D eigenvalue weighted by Gasteiger charge is -2.41. The quantitative estimate of drug-likeness (QED) is 0.752. The van der Waals surface area contributed by atoms with E-state index >= 15 is 0 Å². The maximum Gasteiger partial charge on any atom is 0.0860 e. The minimum atomic E-state index is -0.826. The molecule has 1 N–H and O–H groups in total. The van der Waals surface area contributed by atoms with Gasteiger partial charge in [-0.1, -0.05) is 33.1 Å². The Morgan fingerprint density at radius 2 is 2.00 bits per heavy atom. The summed E-state index contributed by atoms with van der Waals surface area (Å²) in [6.45, 7) is 5.95. The van der Waals surface area contributed by atoms with E-state index < -0.39 is 11.0 Å². The molecule has 0 spiro atoms. The first-order chi connectivity index (χ1) is 6.50. The summed E-state index contributed by atoms with van der Waals surface area (Å²) in [5, 5.41) is 19.8. The van der Waals surface area contributed by atoms with Gasteiger partial charge in [0.1, 0.15) is 0 Å². The summed E-state index contributed by atoms with van der Waals surface area (Å²) < 4.78 is 0. The smallest absolute Gasteiger partial charge is 0.0860 e. The number of aliphatic hydroxyl groups is 1. The summed E-state index contributed by atoms with van der Waals surface area (Å²) >= 11 is 0. The molecule has 80 valence electrons. The lowest BCUT2D eigenvalue weighted by molar-refractivity contribution is -0.0803. The molecule has 1 aliphatic rings. The van der Waals surface area contributed by atoms with E-state index in [4.69, 9.17) is 0 Å². The number of hydrogen-bond acceptors (Lipinski definition) is 2. The molecule has 0 aromatic heterocycles. The van der Waals surface area contributed by atoms with E-state index in [0.29, 0.717) is 0 Å². The molecule has 0 aromatic carbocycles. The highest BCUT2D eigenvalue weighted by Crippen LogP contribution is 2.49. The maximum absolute atomic E-state index is 10.5. The largest absolute Gasteiger partial charge is 0.388 e. The lowest BCUT2D eigenvalue weighted by atomic mass is 9.66. The Hall–Kier alpha value is -0.550. The van der Waals surface area contributed by atoms with Gasteiger partial charge in [-0.05, 0) is 25.7 Å². The average Bonchev–Trinajstić information content (AvgIpc) is 2.66. The van der Waals surface area contributed by atoms with Gasteiger partial charge in [-0.15, -0.1) is 0 Å². The zero-order chi connectivity index (χ0) is 10.8. The second kappa shape index (κ2) is 3.90. The van der Waals surface area contributed by atoms with Crippen LogP contribution in [0.4, 0.5) is 0 Å². The SMILES string of the molecule is CCC(C)C(C)(O)C1(C#N)CCCC1. The van der Waals surface area contributed by atoms with Crippen molar-refractivity contribution in [2.45, 2.75) is 58.5 Å². The summed E-state index contributed by atoms with van der Waals surface area (Å²) in [6.07, 6.45) is 4.82. The summed E-state index contributed by atoms with van der Waals surface area (Å²) in [4.78, 5) is 0. The molecule has 0 heterocycles. The molecule has 14 heavy (non-hydrogen) atoms. The fourth-order valence-corrected chi connectivity index (χ4v) is 2.58. The Kier molecular flexibility index (Phi) is 3.21. The first-order valence-electron chi connectivity index (χ1n) is 5.64. The predicted molar refractivity (Wildman–Crippen MR) is 56.6 cm³/mol. The molecule has 0 aromatic rings. The maximum atomic E-state index is 10.5. The second-order valence-corrected chi connectivity index (χ2v) is 4.86. The van der Waals surface area contributed by atoms with E-state index in [1.807, 2.05) is 13.8 Å². The Balaban J connectivity index is 2.93. The molecule has 2 nitrogen and oxygen atoms in total. The molecule has 2 unspecified atom stereocenters. The van der Waals surface area contributed by atoms with Gasteiger partial charge < -0.3 is 5.11 Å². The zero-order valence-electron chi connectivity index (χ0n) is 9.51. The van der Waals surface area contributed by atoms with Crippen LogP contribution in [-0.2, 0) is 0 Å². The molecule has 0 amide bonds. The predicted octanol–water partition coefficient (Wildman–Crippen LogP) is 2.87. The Bertz CT molecular complexity index is 233. The summed E-state index contributed by atoms with van der Waals surface area (Å²) in [5.41, 5.74) is -1.31. The van der Waals surface area contributed by atoms with Crippen LogP contribution in [0.3, 0.4) is 0 Å². The molecule has 1 aliphatic carbocycles. The van der Waals surface area contributed by atoms with Gasteiger partial charge in [-0.25, -0.2) is 0 Å². The molecular formula is C12H21NO. The first kappa shape index (κ1) is 11.5. The van der Waals surface area contributed by atoms with Crippen molar-refractivity contribution in [3.8, 4) is 6.07 Å². The van der Waals surface area contributed by atoms with Crippen LogP contribution >= 0.6 is 0 Å². The minimum Gasteiger partial charge on any atom is -0.388 e. The lowest BCUT2D eigenvalue weighted by Crippen LogP contribution is -2.48. The van der Waals surface area contributed by atoms with E-state index in [2.05, 4.69) is 13.0 Å². The Morgan fingerprint density at radius 1 is 1.50 bits per heavy atom. The van der Waals surface area contributed by atoms with Gasteiger partial charge >= 0.3 is 0 Å². The molecule has 1 rings (SSSR count). The van der Waals surface area contributed by atoms with Crippen LogP contribution in [0.2, 0.25) is 0 Å². The van der Waals surface area contributed by atoms with Crippen molar-refractivity contribution in [1.29, 1.82) is 5.26 Å². The van der Waals surface area contributed by atoms with Crippen LogP contribution in [0.15, 0.2) is 0 Å². The molecular weight excluding hydrogens is 174 g/mol. The average molecular weight is 195 g/mol. The molecule has 0 saturated heterocycles. The van der Waals surface area contributed by atoms with E-state index in [1.54, 1.807) is 0 Å². The third-order valence-electron chi connectivity index (χ3n) is 4.21. The second-order valence-electron chi connectivity index (χ2n) is 4.86. The summed E-state index contributed by atoms with van der Waals surface area (Å²) in [7, 11) is 0. The number of rotatable bonds is 3. The molecule has 2 atom stereocenters. The highest BCUT2D eigenvalue weighted by Gasteiger charge is 2.51. The van der Waals surface area contributed by atoms with E-state index in [-0.39, 0.29) is 5.92 Å². The van der Waals surface area contributed by atoms with Crippen LogP contribution < -0.4 is 0 Å². The van der Waals surface area contributed by atoms with E-state index in [9.17, 15) is 10.4 Å². The van der Waals surface area contributed by atoms with Crippen LogP contribution in [0.1, 0.15) is 52.9 Å². The zero-order valence-corrected chi connectivity index (χ0v) is 9.51. The first-order valence-corrected chi connectivity index (χ1v) is 5.64. The Morgan fingerprint density at radius 3 is 2.36 bits per heavy atom. The van der Waals surface area contributed by atoms with Gasteiger partial charge in [0.2, 0.25) is 0 Å². The summed E-state index contributed by atoms with van der Waals surface area (Å²) in [5.74, 6) is 0.195. The molecule has 0 radical (unpaired) electrons. The number of hydrogen-bond donors (Lipinski definition) is 1. The highest BCUT2D eigenvalue weighted by molar-refractivity contribution is 5.13. The Labute approximate surface area is 86.9 Å². The van der Waals surface area contributed by atoms with Gasteiger partial charge in [-0.3, -0.25) is 0 Å². The number of nitriles is 1. The third-order valence-corrected chi connectivity index (χ3v) is 4.21. The molecule has 0 bridgehead atoms. The molecule has 2 heteroatoms. The van der Waals surface area contributed by atoms with Crippen LogP contribution in [0.25, 0.3) is 0 Å². The van der Waals surface area contributed by atoms with Crippen LogP contribution in [0, 0.1) is 22.7 Å². The standard InChI is InChI=1S/C12H21NO/c1-4-10(2)11(3,14)12(9-13)7-5-6-8-12/h10,14H,4-8H2,1-3H3. The molecule has 0 aliphatic heterocycles. The topological polar surface area (TPSA) is 44.0 Å². The highest BCUT2D eigenvalue weighted by atomic mass is 16.3. The van der Waals surface area contributed by atoms with Crippen molar-refractivity contribution in [1.82, 2.24) is 0 Å². The fourth-order valence-electron chi connectivity index (χ4n) is 2.58. The molecule has 1 fully saturated rings. The van der Waals surface area contributed by atoms with Crippen molar-refractivity contribution in [2.75, 3.05) is 0 Å². The minimum absolute atomic E-state index is 0.195. The third kappa shape index (κ3) is 1.54. The fraction of sp³-hybridized carbons (Fsp3) is 0.917. The van der Waals surface area contributed by atoms with Crippen molar-refractivity contribution < 1.29 is 5.11 Å². The monoisotopic (exact) mass is 195 g/mol. The van der Waals surface area contributed by atoms with Gasteiger partial charge in [-0.2, -0.15) is 5.26 Å². The van der Waals surface area contributed by atoms with E-state index in [1.165, 1.54) is 0 Å². The van der Waals surface area contributed by atoms with Gasteiger partial charge in [0.05, 0.1) is 17.1 Å². The normalized spacial score (nSPS) is 26.5. The van der Waals surface area contributed by atoms with Gasteiger partial charge in [0, 0.05) is 0 Å². The van der Waals surface area contributed by atoms with Crippen molar-refractivity contribution >= 4 is 0 Å². The molecule has 1 saturated carbocycles. The van der Waals surface area contributed by atoms with Crippen LogP contribution in [0.5, 0.6) is 0 Å². The van der Waals surface area contributed by atoms with Crippen molar-refractivity contribution in [3.63, 3.8) is 0 Å². The van der Waals surface area contributed by atoms with E-state index in [0.717, 1.165) is 32.1 Å². The number of nitrogens with zero attached hydrogens (tertiary/aromatic N) is 1. The van der Waals surface area contributed by atoms with Crippen molar-refractivity contribution in [2.24, 2.45) is 11.3 Å². The summed E-state index contributed by atoms with van der Waals surface area (Å²) in [6, 6.07) is 2.38.